The molecule has 5 atom stereocenters. The molecule has 8 heteroatoms. The number of carbonyl (C=O) groups excluding carboxylic acids is 3. The molecule has 0 saturated carbocycles. The number of hydroxylamine groups is 2. The molecule has 0 aromatic heterocycles. The summed E-state index contributed by atoms with van der Waals surface area (Å²) in [6, 6.07) is 25.6. The van der Waals surface area contributed by atoms with E-state index in [9.17, 15) is 14.4 Å². The van der Waals surface area contributed by atoms with Crippen LogP contribution >= 0.6 is 0 Å². The third kappa shape index (κ3) is 5.30. The van der Waals surface area contributed by atoms with E-state index in [1.165, 1.54) is 0 Å². The Kier molecular flexibility index (Phi) is 7.06. The largest absolute Gasteiger partial charge is 0.454 e. The number of rotatable bonds is 6. The summed E-state index contributed by atoms with van der Waals surface area (Å²) in [5, 5.41) is 1.66. The van der Waals surface area contributed by atoms with Gasteiger partial charge in [0, 0.05) is 12.5 Å². The van der Waals surface area contributed by atoms with Crippen LogP contribution in [0.5, 0.6) is 0 Å². The third-order valence-electron chi connectivity index (χ3n) is 6.22. The van der Waals surface area contributed by atoms with E-state index in [1.54, 1.807) is 96.1 Å². The van der Waals surface area contributed by atoms with Crippen molar-refractivity contribution in [2.45, 2.75) is 18.3 Å². The fraction of sp³-hybridized carbons (Fsp3) is 0.250. The molecule has 2 aliphatic rings. The summed E-state index contributed by atoms with van der Waals surface area (Å²) < 4.78 is 17.7. The Hall–Kier alpha value is -4.01. The second-order valence-electron chi connectivity index (χ2n) is 8.68. The summed E-state index contributed by atoms with van der Waals surface area (Å²) in [6.45, 7) is 0.873. The predicted octanol–water partition coefficient (Wildman–Crippen LogP) is 3.54. The highest BCUT2D eigenvalue weighted by Gasteiger charge is 2.50. The normalized spacial score (nSPS) is 24.8. The molecule has 2 saturated heterocycles. The van der Waals surface area contributed by atoms with Gasteiger partial charge in [0.1, 0.15) is 6.10 Å². The van der Waals surface area contributed by atoms with Gasteiger partial charge in [0.2, 0.25) is 0 Å². The fourth-order valence-corrected chi connectivity index (χ4v) is 4.40. The van der Waals surface area contributed by atoms with Gasteiger partial charge in [0.15, 0.2) is 12.2 Å². The topological polar surface area (TPSA) is 91.4 Å². The van der Waals surface area contributed by atoms with Crippen molar-refractivity contribution in [2.24, 2.45) is 5.92 Å². The Morgan fingerprint density at radius 1 is 0.611 bits per heavy atom. The van der Waals surface area contributed by atoms with Gasteiger partial charge in [-0.05, 0) is 36.4 Å². The Balaban J connectivity index is 1.46. The Morgan fingerprint density at radius 2 is 1.06 bits per heavy atom. The van der Waals surface area contributed by atoms with Gasteiger partial charge < -0.3 is 14.2 Å². The van der Waals surface area contributed by atoms with Crippen LogP contribution in [0.25, 0.3) is 0 Å². The zero-order chi connectivity index (χ0) is 24.9. The SMILES string of the molecule is O=C(O[C@@H]1[C@@H](OC(=O)c2ccccc2)[C@@H]2CON(C2)C[C@@H]1OC(=O)c1ccccc1)c1ccccc1. The van der Waals surface area contributed by atoms with E-state index in [0.717, 1.165) is 0 Å². The summed E-state index contributed by atoms with van der Waals surface area (Å²) in [5.74, 6) is -2.02. The molecule has 2 aliphatic heterocycles. The molecule has 3 aromatic rings. The lowest BCUT2D eigenvalue weighted by Gasteiger charge is -2.34. The van der Waals surface area contributed by atoms with Crippen LogP contribution in [-0.2, 0) is 19.0 Å². The molecular formula is C28H25NO7. The molecular weight excluding hydrogens is 462 g/mol. The van der Waals surface area contributed by atoms with E-state index in [-0.39, 0.29) is 19.1 Å². The number of hydrogen-bond acceptors (Lipinski definition) is 8. The van der Waals surface area contributed by atoms with Crippen LogP contribution in [0.4, 0.5) is 0 Å². The van der Waals surface area contributed by atoms with Crippen molar-refractivity contribution in [2.75, 3.05) is 19.7 Å². The summed E-state index contributed by atoms with van der Waals surface area (Å²) in [5.41, 5.74) is 1.06. The van der Waals surface area contributed by atoms with Gasteiger partial charge in [0.25, 0.3) is 0 Å². The lowest BCUT2D eigenvalue weighted by atomic mass is 9.96. The number of nitrogens with zero attached hydrogens (tertiary/aromatic N) is 1. The minimum absolute atomic E-state index is 0.154. The highest BCUT2D eigenvalue weighted by molar-refractivity contribution is 5.91. The van der Waals surface area contributed by atoms with Crippen LogP contribution in [0.15, 0.2) is 91.0 Å². The van der Waals surface area contributed by atoms with E-state index in [0.29, 0.717) is 23.2 Å². The summed E-state index contributed by atoms with van der Waals surface area (Å²) in [7, 11) is 0. The molecule has 0 N–H and O–H groups in total. The second kappa shape index (κ2) is 10.7. The van der Waals surface area contributed by atoms with Crippen molar-refractivity contribution in [1.29, 1.82) is 0 Å². The van der Waals surface area contributed by atoms with Crippen molar-refractivity contribution in [3.05, 3.63) is 108 Å². The Morgan fingerprint density at radius 3 is 1.56 bits per heavy atom. The first kappa shape index (κ1) is 23.7. The van der Waals surface area contributed by atoms with Gasteiger partial charge in [-0.2, -0.15) is 5.06 Å². The molecule has 0 radical (unpaired) electrons. The highest BCUT2D eigenvalue weighted by atomic mass is 16.7. The minimum Gasteiger partial charge on any atom is -0.454 e. The standard InChI is InChI=1S/C28H25NO7/c30-26(19-10-4-1-5-11-19)34-23-17-29-16-22(18-33-29)24(35-27(31)20-12-6-2-7-13-20)25(23)36-28(32)21-14-8-3-9-15-21/h1-15,22-25H,16-18H2/t22-,23-,24-,25-/m0/s1. The highest BCUT2D eigenvalue weighted by Crippen LogP contribution is 2.31. The summed E-state index contributed by atoms with van der Waals surface area (Å²) in [4.78, 5) is 44.8. The first-order valence-corrected chi connectivity index (χ1v) is 11.7. The van der Waals surface area contributed by atoms with E-state index in [2.05, 4.69) is 0 Å². The summed E-state index contributed by atoms with van der Waals surface area (Å²) >= 11 is 0. The number of hydrogen-bond donors (Lipinski definition) is 0. The maximum absolute atomic E-state index is 13.1. The Labute approximate surface area is 208 Å². The molecule has 0 amide bonds. The molecule has 3 aromatic carbocycles. The van der Waals surface area contributed by atoms with Crippen LogP contribution in [0.3, 0.4) is 0 Å². The monoisotopic (exact) mass is 487 g/mol. The molecule has 36 heavy (non-hydrogen) atoms. The first-order valence-electron chi connectivity index (χ1n) is 11.7. The first-order chi connectivity index (χ1) is 17.6. The molecule has 2 fully saturated rings. The van der Waals surface area contributed by atoms with Crippen molar-refractivity contribution in [3.63, 3.8) is 0 Å². The average molecular weight is 488 g/mol. The number of fused-ring (bicyclic) bond motifs is 2. The molecule has 5 rings (SSSR count). The van der Waals surface area contributed by atoms with Crippen molar-refractivity contribution in [1.82, 2.24) is 5.06 Å². The van der Waals surface area contributed by atoms with Gasteiger partial charge >= 0.3 is 17.9 Å². The van der Waals surface area contributed by atoms with Crippen molar-refractivity contribution < 1.29 is 33.4 Å². The number of benzene rings is 3. The third-order valence-corrected chi connectivity index (χ3v) is 6.22. The summed E-state index contributed by atoms with van der Waals surface area (Å²) in [6.07, 6.45) is -2.88. The van der Waals surface area contributed by atoms with E-state index >= 15 is 0 Å². The van der Waals surface area contributed by atoms with Gasteiger partial charge in [-0.15, -0.1) is 0 Å². The van der Waals surface area contributed by atoms with E-state index in [4.69, 9.17) is 19.0 Å². The zero-order valence-electron chi connectivity index (χ0n) is 19.4. The molecule has 2 bridgehead atoms. The molecule has 1 unspecified atom stereocenters. The van der Waals surface area contributed by atoms with Crippen molar-refractivity contribution in [3.8, 4) is 0 Å². The van der Waals surface area contributed by atoms with Gasteiger partial charge in [-0.1, -0.05) is 54.6 Å². The number of carbonyl (C=O) groups is 3. The average Bonchev–Trinajstić information content (AvgIpc) is 3.34. The maximum Gasteiger partial charge on any atom is 0.338 e. The second-order valence-corrected chi connectivity index (χ2v) is 8.68. The number of ether oxygens (including phenoxy) is 3. The fourth-order valence-electron chi connectivity index (χ4n) is 4.40. The molecule has 0 spiro atoms. The molecule has 2 heterocycles. The quantitative estimate of drug-likeness (QED) is 0.385. The van der Waals surface area contributed by atoms with Crippen LogP contribution in [0.2, 0.25) is 0 Å². The van der Waals surface area contributed by atoms with Crippen molar-refractivity contribution >= 4 is 17.9 Å². The Bertz CT molecular complexity index is 1200. The number of esters is 3. The van der Waals surface area contributed by atoms with E-state index in [1.807, 2.05) is 0 Å². The van der Waals surface area contributed by atoms with Crippen LogP contribution in [0.1, 0.15) is 31.1 Å². The lowest BCUT2D eigenvalue weighted by molar-refractivity contribution is -0.162. The smallest absolute Gasteiger partial charge is 0.338 e. The maximum atomic E-state index is 13.1. The van der Waals surface area contributed by atoms with Gasteiger partial charge in [0.05, 0.1) is 29.8 Å². The molecule has 0 aliphatic carbocycles. The van der Waals surface area contributed by atoms with Crippen LogP contribution < -0.4 is 0 Å². The zero-order valence-corrected chi connectivity index (χ0v) is 19.4. The van der Waals surface area contributed by atoms with Crippen LogP contribution in [0, 0.1) is 5.92 Å². The van der Waals surface area contributed by atoms with Gasteiger partial charge in [-0.25, -0.2) is 14.4 Å². The minimum atomic E-state index is -1.04. The van der Waals surface area contributed by atoms with E-state index < -0.39 is 36.2 Å². The predicted molar refractivity (Wildman–Crippen MR) is 128 cm³/mol. The van der Waals surface area contributed by atoms with Gasteiger partial charge in [-0.3, -0.25) is 4.84 Å². The van der Waals surface area contributed by atoms with Crippen LogP contribution in [-0.4, -0.2) is 61.0 Å². The lowest BCUT2D eigenvalue weighted by Crippen LogP contribution is -2.50. The molecule has 184 valence electrons. The molecule has 8 nitrogen and oxygen atoms in total.